The van der Waals surface area contributed by atoms with Crippen molar-refractivity contribution in [1.82, 2.24) is 24.9 Å². The third-order valence-electron chi connectivity index (χ3n) is 3.41. The molecule has 7 heteroatoms. The smallest absolute Gasteiger partial charge is 0.233 e. The van der Waals surface area contributed by atoms with Crippen LogP contribution in [0.25, 0.3) is 33.7 Å². The number of hydrogen-bond donors (Lipinski definition) is 1. The third-order valence-corrected chi connectivity index (χ3v) is 3.84. The molecule has 23 heavy (non-hydrogen) atoms. The summed E-state index contributed by atoms with van der Waals surface area (Å²) in [7, 11) is 0. The number of halogens is 2. The SMILES string of the molecule is Fc1cnc2c(-c3ccccn3)c(-c3ccnc(Br)c3)[nH]c2n1. The van der Waals surface area contributed by atoms with Crippen LogP contribution in [0.3, 0.4) is 0 Å². The fourth-order valence-electron chi connectivity index (χ4n) is 2.47. The zero-order valence-electron chi connectivity index (χ0n) is 11.7. The molecule has 4 aromatic rings. The number of rotatable bonds is 2. The molecule has 0 unspecified atom stereocenters. The van der Waals surface area contributed by atoms with E-state index in [2.05, 4.69) is 40.8 Å². The number of nitrogens with one attached hydrogen (secondary N) is 1. The molecular weight excluding hydrogens is 361 g/mol. The van der Waals surface area contributed by atoms with Crippen LogP contribution in [0.4, 0.5) is 4.39 Å². The lowest BCUT2D eigenvalue weighted by Gasteiger charge is -2.04. The molecule has 0 aliphatic carbocycles. The standard InChI is InChI=1S/C16H9BrFN5/c17-11-7-9(4-6-20-11)14-13(10-3-1-2-5-19-10)15-16(23-14)22-12(18)8-21-15/h1-8H,(H,22,23). The second-order valence-corrected chi connectivity index (χ2v) is 5.66. The Hall–Kier alpha value is -2.67. The first-order chi connectivity index (χ1) is 11.2. The molecule has 0 aromatic carbocycles. The minimum atomic E-state index is -0.631. The van der Waals surface area contributed by atoms with E-state index < -0.39 is 5.95 Å². The van der Waals surface area contributed by atoms with E-state index in [1.54, 1.807) is 12.4 Å². The summed E-state index contributed by atoms with van der Waals surface area (Å²) in [5.74, 6) is -0.631. The molecule has 0 saturated heterocycles. The van der Waals surface area contributed by atoms with Gasteiger partial charge in [0.2, 0.25) is 5.95 Å². The lowest BCUT2D eigenvalue weighted by molar-refractivity contribution is 0.582. The Morgan fingerprint density at radius 3 is 2.74 bits per heavy atom. The van der Waals surface area contributed by atoms with Gasteiger partial charge in [-0.25, -0.2) is 9.97 Å². The predicted octanol–water partition coefficient (Wildman–Crippen LogP) is 3.98. The highest BCUT2D eigenvalue weighted by atomic mass is 79.9. The molecule has 0 aliphatic rings. The highest BCUT2D eigenvalue weighted by molar-refractivity contribution is 9.10. The molecule has 1 N–H and O–H groups in total. The van der Waals surface area contributed by atoms with Gasteiger partial charge in [-0.2, -0.15) is 9.37 Å². The van der Waals surface area contributed by atoms with E-state index in [-0.39, 0.29) is 0 Å². The molecule has 4 rings (SSSR count). The molecule has 4 heterocycles. The van der Waals surface area contributed by atoms with Gasteiger partial charge in [-0.05, 0) is 40.2 Å². The van der Waals surface area contributed by atoms with Crippen molar-refractivity contribution in [2.75, 3.05) is 0 Å². The van der Waals surface area contributed by atoms with E-state index >= 15 is 0 Å². The van der Waals surface area contributed by atoms with Gasteiger partial charge in [0.05, 0.1) is 23.1 Å². The first kappa shape index (κ1) is 14.0. The fraction of sp³-hybridized carbons (Fsp3) is 0. The molecule has 0 amide bonds. The second-order valence-electron chi connectivity index (χ2n) is 4.85. The molecule has 0 spiro atoms. The lowest BCUT2D eigenvalue weighted by atomic mass is 10.1. The van der Waals surface area contributed by atoms with Crippen LogP contribution in [0.1, 0.15) is 0 Å². The number of fused-ring (bicyclic) bond motifs is 1. The summed E-state index contributed by atoms with van der Waals surface area (Å²) in [6, 6.07) is 9.34. The molecular formula is C16H9BrFN5. The summed E-state index contributed by atoms with van der Waals surface area (Å²) < 4.78 is 14.1. The van der Waals surface area contributed by atoms with Gasteiger partial charge in [0.25, 0.3) is 0 Å². The average molecular weight is 370 g/mol. The maximum atomic E-state index is 13.4. The highest BCUT2D eigenvalue weighted by Crippen LogP contribution is 2.36. The molecule has 0 atom stereocenters. The number of H-pyrrole nitrogens is 1. The predicted molar refractivity (Wildman–Crippen MR) is 88.0 cm³/mol. The zero-order chi connectivity index (χ0) is 15.8. The number of hydrogen-bond acceptors (Lipinski definition) is 4. The van der Waals surface area contributed by atoms with E-state index in [1.165, 1.54) is 0 Å². The number of aromatic nitrogens is 5. The van der Waals surface area contributed by atoms with Crippen LogP contribution in [0.15, 0.2) is 53.5 Å². The topological polar surface area (TPSA) is 67.3 Å². The van der Waals surface area contributed by atoms with Crippen molar-refractivity contribution in [2.24, 2.45) is 0 Å². The van der Waals surface area contributed by atoms with E-state index in [9.17, 15) is 4.39 Å². The van der Waals surface area contributed by atoms with Gasteiger partial charge < -0.3 is 4.98 Å². The maximum Gasteiger partial charge on any atom is 0.233 e. The zero-order valence-corrected chi connectivity index (χ0v) is 13.2. The van der Waals surface area contributed by atoms with Crippen LogP contribution in [0.2, 0.25) is 0 Å². The van der Waals surface area contributed by atoms with Crippen molar-refractivity contribution in [3.63, 3.8) is 0 Å². The summed E-state index contributed by atoms with van der Waals surface area (Å²) in [6.07, 6.45) is 4.50. The molecule has 0 aliphatic heterocycles. The maximum absolute atomic E-state index is 13.4. The van der Waals surface area contributed by atoms with Crippen molar-refractivity contribution in [3.8, 4) is 22.5 Å². The quantitative estimate of drug-likeness (QED) is 0.542. The summed E-state index contributed by atoms with van der Waals surface area (Å²) >= 11 is 3.36. The van der Waals surface area contributed by atoms with Crippen molar-refractivity contribution in [3.05, 3.63) is 59.5 Å². The van der Waals surface area contributed by atoms with Gasteiger partial charge >= 0.3 is 0 Å². The van der Waals surface area contributed by atoms with E-state index in [4.69, 9.17) is 0 Å². The lowest BCUT2D eigenvalue weighted by Crippen LogP contribution is -1.88. The van der Waals surface area contributed by atoms with Crippen molar-refractivity contribution >= 4 is 27.1 Å². The summed E-state index contributed by atoms with van der Waals surface area (Å²) in [6.45, 7) is 0. The largest absolute Gasteiger partial charge is 0.337 e. The molecule has 5 nitrogen and oxygen atoms in total. The molecule has 0 radical (unpaired) electrons. The Bertz CT molecular complexity index is 1000. The van der Waals surface area contributed by atoms with Crippen molar-refractivity contribution in [1.29, 1.82) is 0 Å². The normalized spacial score (nSPS) is 11.0. The number of aromatic amines is 1. The Labute approximate surface area is 138 Å². The van der Waals surface area contributed by atoms with Gasteiger partial charge in [0, 0.05) is 18.0 Å². The minimum Gasteiger partial charge on any atom is -0.337 e. The van der Waals surface area contributed by atoms with Crippen molar-refractivity contribution < 1.29 is 4.39 Å². The van der Waals surface area contributed by atoms with Gasteiger partial charge in [0.1, 0.15) is 10.1 Å². The fourth-order valence-corrected chi connectivity index (χ4v) is 2.84. The van der Waals surface area contributed by atoms with Crippen LogP contribution in [-0.2, 0) is 0 Å². The molecule has 0 saturated carbocycles. The summed E-state index contributed by atoms with van der Waals surface area (Å²) in [4.78, 5) is 19.8. The van der Waals surface area contributed by atoms with E-state index in [0.717, 1.165) is 28.7 Å². The van der Waals surface area contributed by atoms with Crippen LogP contribution >= 0.6 is 15.9 Å². The Balaban J connectivity index is 2.07. The monoisotopic (exact) mass is 369 g/mol. The van der Waals surface area contributed by atoms with E-state index in [1.807, 2.05) is 30.3 Å². The second kappa shape index (κ2) is 5.51. The Morgan fingerprint density at radius 1 is 1.04 bits per heavy atom. The average Bonchev–Trinajstić information content (AvgIpc) is 2.94. The molecule has 0 fully saturated rings. The highest BCUT2D eigenvalue weighted by Gasteiger charge is 2.18. The van der Waals surface area contributed by atoms with Gasteiger partial charge in [0.15, 0.2) is 5.65 Å². The van der Waals surface area contributed by atoms with Gasteiger partial charge in [-0.15, -0.1) is 0 Å². The van der Waals surface area contributed by atoms with E-state index in [0.29, 0.717) is 15.8 Å². The van der Waals surface area contributed by atoms with Gasteiger partial charge in [-0.3, -0.25) is 4.98 Å². The summed E-state index contributed by atoms with van der Waals surface area (Å²) in [5.41, 5.74) is 4.13. The van der Waals surface area contributed by atoms with Gasteiger partial charge in [-0.1, -0.05) is 6.07 Å². The Morgan fingerprint density at radius 2 is 1.96 bits per heavy atom. The molecule has 4 aromatic heterocycles. The first-order valence-electron chi connectivity index (χ1n) is 6.80. The van der Waals surface area contributed by atoms with Crippen LogP contribution < -0.4 is 0 Å². The first-order valence-corrected chi connectivity index (χ1v) is 7.59. The van der Waals surface area contributed by atoms with Crippen LogP contribution in [0.5, 0.6) is 0 Å². The Kier molecular flexibility index (Phi) is 3.34. The molecule has 112 valence electrons. The van der Waals surface area contributed by atoms with Crippen LogP contribution in [-0.4, -0.2) is 24.9 Å². The third kappa shape index (κ3) is 2.49. The minimum absolute atomic E-state index is 0.383. The van der Waals surface area contributed by atoms with Crippen LogP contribution in [0, 0.1) is 5.95 Å². The number of nitrogens with zero attached hydrogens (tertiary/aromatic N) is 4. The molecule has 0 bridgehead atoms. The van der Waals surface area contributed by atoms with Crippen molar-refractivity contribution in [2.45, 2.75) is 0 Å². The number of pyridine rings is 2. The summed E-state index contributed by atoms with van der Waals surface area (Å²) in [5, 5.41) is 0.